The zero-order valence-electron chi connectivity index (χ0n) is 12.3. The van der Waals surface area contributed by atoms with E-state index in [9.17, 15) is 0 Å². The molecule has 2 aromatic rings. The molecule has 0 aliphatic heterocycles. The Morgan fingerprint density at radius 2 is 2.05 bits per heavy atom. The highest BCUT2D eigenvalue weighted by Gasteiger charge is 2.03. The van der Waals surface area contributed by atoms with Gasteiger partial charge in [-0.25, -0.2) is 0 Å². The lowest BCUT2D eigenvalue weighted by Gasteiger charge is -2.12. The van der Waals surface area contributed by atoms with Gasteiger partial charge in [-0.15, -0.1) is 24.0 Å². The van der Waals surface area contributed by atoms with E-state index in [1.807, 2.05) is 24.0 Å². The molecular formula is C15H21IN4S. The molecule has 0 atom stereocenters. The molecule has 0 amide bonds. The number of thioether (sulfide) groups is 1. The fourth-order valence-electron chi connectivity index (χ4n) is 1.98. The van der Waals surface area contributed by atoms with E-state index in [2.05, 4.69) is 51.1 Å². The second-order valence-corrected chi connectivity index (χ2v) is 5.32. The zero-order valence-corrected chi connectivity index (χ0v) is 15.4. The van der Waals surface area contributed by atoms with Crippen LogP contribution in [0.4, 0.5) is 0 Å². The van der Waals surface area contributed by atoms with Gasteiger partial charge in [-0.1, -0.05) is 24.3 Å². The maximum atomic E-state index is 4.46. The lowest BCUT2D eigenvalue weighted by atomic mass is 10.1. The Hall–Kier alpha value is -1.02. The minimum absolute atomic E-state index is 0. The molecule has 0 radical (unpaired) electrons. The lowest BCUT2D eigenvalue weighted by molar-refractivity contribution is 0.835. The highest BCUT2D eigenvalue weighted by atomic mass is 127. The maximum Gasteiger partial charge on any atom is 0.191 e. The third-order valence-electron chi connectivity index (χ3n) is 2.98. The van der Waals surface area contributed by atoms with Gasteiger partial charge in [0.05, 0.1) is 5.52 Å². The van der Waals surface area contributed by atoms with Crippen LogP contribution in [0.5, 0.6) is 0 Å². The molecule has 0 spiro atoms. The third-order valence-corrected chi connectivity index (χ3v) is 3.60. The number of pyridine rings is 1. The largest absolute Gasteiger partial charge is 0.356 e. The first-order valence-corrected chi connectivity index (χ1v) is 8.00. The zero-order chi connectivity index (χ0) is 14.2. The maximum absolute atomic E-state index is 4.46. The predicted molar refractivity (Wildman–Crippen MR) is 104 cm³/mol. The van der Waals surface area contributed by atoms with E-state index in [0.717, 1.165) is 29.2 Å². The Bertz CT molecular complexity index is 583. The van der Waals surface area contributed by atoms with Gasteiger partial charge in [0.15, 0.2) is 5.96 Å². The van der Waals surface area contributed by atoms with Crippen molar-refractivity contribution >= 4 is 52.6 Å². The Morgan fingerprint density at radius 3 is 2.81 bits per heavy atom. The minimum atomic E-state index is 0. The number of nitrogens with zero attached hydrogens (tertiary/aromatic N) is 2. The molecule has 21 heavy (non-hydrogen) atoms. The molecule has 0 unspecified atom stereocenters. The fourth-order valence-corrected chi connectivity index (χ4v) is 2.29. The van der Waals surface area contributed by atoms with Crippen LogP contribution in [0.2, 0.25) is 0 Å². The first-order chi connectivity index (χ1) is 9.85. The predicted octanol–water partition coefficient (Wildman–Crippen LogP) is 2.88. The molecule has 1 aromatic carbocycles. The summed E-state index contributed by atoms with van der Waals surface area (Å²) in [7, 11) is 1.79. The van der Waals surface area contributed by atoms with Gasteiger partial charge >= 0.3 is 0 Å². The molecule has 0 aliphatic carbocycles. The standard InChI is InChI=1S/C15H20N4S.HI/c1-16-15(18-9-10-20-2)19-11-13-6-3-5-12-7-4-8-17-14(12)13;/h3-8H,9-11H2,1-2H3,(H2,16,18,19);1H. The van der Waals surface area contributed by atoms with Crippen molar-refractivity contribution in [2.45, 2.75) is 6.54 Å². The van der Waals surface area contributed by atoms with Crippen LogP contribution in [0.1, 0.15) is 5.56 Å². The van der Waals surface area contributed by atoms with Crippen molar-refractivity contribution in [2.75, 3.05) is 25.6 Å². The second-order valence-electron chi connectivity index (χ2n) is 4.34. The summed E-state index contributed by atoms with van der Waals surface area (Å²) in [6, 6.07) is 10.3. The van der Waals surface area contributed by atoms with E-state index in [4.69, 9.17) is 0 Å². The molecule has 0 saturated carbocycles. The Balaban J connectivity index is 0.00000220. The normalized spacial score (nSPS) is 11.0. The molecule has 1 aromatic heterocycles. The van der Waals surface area contributed by atoms with E-state index >= 15 is 0 Å². The summed E-state index contributed by atoms with van der Waals surface area (Å²) in [4.78, 5) is 8.68. The number of rotatable bonds is 5. The second kappa shape index (κ2) is 9.83. The summed E-state index contributed by atoms with van der Waals surface area (Å²) in [5.41, 5.74) is 2.22. The molecule has 2 rings (SSSR count). The molecule has 0 fully saturated rings. The van der Waals surface area contributed by atoms with Crippen molar-refractivity contribution in [3.8, 4) is 0 Å². The van der Waals surface area contributed by atoms with Gasteiger partial charge < -0.3 is 10.6 Å². The van der Waals surface area contributed by atoms with Gasteiger partial charge in [0.25, 0.3) is 0 Å². The number of aliphatic imine (C=N–C) groups is 1. The van der Waals surface area contributed by atoms with E-state index < -0.39 is 0 Å². The van der Waals surface area contributed by atoms with Crippen molar-refractivity contribution in [3.63, 3.8) is 0 Å². The highest BCUT2D eigenvalue weighted by molar-refractivity contribution is 14.0. The quantitative estimate of drug-likeness (QED) is 0.341. The van der Waals surface area contributed by atoms with E-state index in [0.29, 0.717) is 6.54 Å². The van der Waals surface area contributed by atoms with Crippen LogP contribution < -0.4 is 10.6 Å². The number of guanidine groups is 1. The number of hydrogen-bond acceptors (Lipinski definition) is 3. The molecule has 114 valence electrons. The summed E-state index contributed by atoms with van der Waals surface area (Å²) >= 11 is 1.82. The Morgan fingerprint density at radius 1 is 1.24 bits per heavy atom. The van der Waals surface area contributed by atoms with Crippen molar-refractivity contribution in [2.24, 2.45) is 4.99 Å². The van der Waals surface area contributed by atoms with Crippen LogP contribution in [0.3, 0.4) is 0 Å². The van der Waals surface area contributed by atoms with Crippen LogP contribution in [-0.4, -0.2) is 36.5 Å². The highest BCUT2D eigenvalue weighted by Crippen LogP contribution is 2.15. The van der Waals surface area contributed by atoms with Gasteiger partial charge in [-0.05, 0) is 17.9 Å². The smallest absolute Gasteiger partial charge is 0.191 e. The first-order valence-electron chi connectivity index (χ1n) is 6.61. The summed E-state index contributed by atoms with van der Waals surface area (Å²) in [5, 5.41) is 7.78. The fraction of sp³-hybridized carbons (Fsp3) is 0.333. The van der Waals surface area contributed by atoms with Gasteiger partial charge in [0, 0.05) is 37.5 Å². The molecule has 2 N–H and O–H groups in total. The molecule has 1 heterocycles. The molecule has 0 saturated heterocycles. The van der Waals surface area contributed by atoms with Crippen LogP contribution in [0, 0.1) is 0 Å². The molecular weight excluding hydrogens is 395 g/mol. The molecule has 6 heteroatoms. The molecule has 0 bridgehead atoms. The average Bonchev–Trinajstić information content (AvgIpc) is 2.50. The Labute approximate surface area is 147 Å². The SMILES string of the molecule is CN=C(NCCSC)NCc1cccc2cccnc12.I. The van der Waals surface area contributed by atoms with Gasteiger partial charge in [0.2, 0.25) is 0 Å². The summed E-state index contributed by atoms with van der Waals surface area (Å²) in [6.45, 7) is 1.63. The lowest BCUT2D eigenvalue weighted by Crippen LogP contribution is -2.37. The van der Waals surface area contributed by atoms with E-state index in [-0.39, 0.29) is 24.0 Å². The number of benzene rings is 1. The topological polar surface area (TPSA) is 49.3 Å². The summed E-state index contributed by atoms with van der Waals surface area (Å²) < 4.78 is 0. The van der Waals surface area contributed by atoms with Crippen LogP contribution >= 0.6 is 35.7 Å². The van der Waals surface area contributed by atoms with Crippen LogP contribution in [-0.2, 0) is 6.54 Å². The van der Waals surface area contributed by atoms with E-state index in [1.54, 1.807) is 7.05 Å². The number of fused-ring (bicyclic) bond motifs is 1. The van der Waals surface area contributed by atoms with Crippen LogP contribution in [0.15, 0.2) is 41.5 Å². The van der Waals surface area contributed by atoms with Gasteiger partial charge in [-0.3, -0.25) is 9.98 Å². The average molecular weight is 416 g/mol. The van der Waals surface area contributed by atoms with Crippen molar-refractivity contribution in [1.29, 1.82) is 0 Å². The van der Waals surface area contributed by atoms with Crippen molar-refractivity contribution < 1.29 is 0 Å². The van der Waals surface area contributed by atoms with Crippen molar-refractivity contribution in [1.82, 2.24) is 15.6 Å². The van der Waals surface area contributed by atoms with E-state index in [1.165, 1.54) is 5.56 Å². The van der Waals surface area contributed by atoms with Crippen LogP contribution in [0.25, 0.3) is 10.9 Å². The first kappa shape index (κ1) is 18.0. The van der Waals surface area contributed by atoms with Crippen molar-refractivity contribution in [3.05, 3.63) is 42.1 Å². The van der Waals surface area contributed by atoms with Gasteiger partial charge in [0.1, 0.15) is 0 Å². The molecule has 4 nitrogen and oxygen atoms in total. The monoisotopic (exact) mass is 416 g/mol. The van der Waals surface area contributed by atoms with Gasteiger partial charge in [-0.2, -0.15) is 11.8 Å². The number of para-hydroxylation sites is 1. The summed E-state index contributed by atoms with van der Waals surface area (Å²) in [5.74, 6) is 1.89. The number of aromatic nitrogens is 1. The number of nitrogens with one attached hydrogen (secondary N) is 2. The Kier molecular flexibility index (Phi) is 8.44. The molecule has 0 aliphatic rings. The minimum Gasteiger partial charge on any atom is -0.356 e. The third kappa shape index (κ3) is 5.35. The number of halogens is 1. The number of hydrogen-bond donors (Lipinski definition) is 2. The summed E-state index contributed by atoms with van der Waals surface area (Å²) in [6.07, 6.45) is 3.93.